The van der Waals surface area contributed by atoms with Crippen LogP contribution in [0.2, 0.25) is 0 Å². The highest BCUT2D eigenvalue weighted by Crippen LogP contribution is 2.14. The van der Waals surface area contributed by atoms with Crippen molar-refractivity contribution < 1.29 is 4.55 Å². The first-order chi connectivity index (χ1) is 8.24. The van der Waals surface area contributed by atoms with Gasteiger partial charge in [-0.3, -0.25) is 0 Å². The van der Waals surface area contributed by atoms with Gasteiger partial charge >= 0.3 is 0 Å². The van der Waals surface area contributed by atoms with Gasteiger partial charge in [0.25, 0.3) is 0 Å². The molecule has 0 fully saturated rings. The maximum atomic E-state index is 11.8. The summed E-state index contributed by atoms with van der Waals surface area (Å²) >= 11 is 2.40. The molecule has 0 amide bonds. The Morgan fingerprint density at radius 2 is 2.00 bits per heavy atom. The molecule has 1 aromatic heterocycles. The minimum absolute atomic E-state index is 0.546. The molecule has 1 N–H and O–H groups in total. The monoisotopic (exact) mass is 309 g/mol. The van der Waals surface area contributed by atoms with Crippen LogP contribution in [-0.2, 0) is 16.9 Å². The van der Waals surface area contributed by atoms with Crippen LogP contribution in [0.5, 0.6) is 0 Å². The molecule has 2 rings (SSSR count). The average molecular weight is 310 g/mol. The van der Waals surface area contributed by atoms with Crippen LogP contribution in [0.4, 0.5) is 0 Å². The number of rotatable bonds is 4. The molecule has 0 aliphatic carbocycles. The van der Waals surface area contributed by atoms with Crippen LogP contribution < -0.4 is 0 Å². The second kappa shape index (κ2) is 6.10. The molecule has 2 nitrogen and oxygen atoms in total. The van der Waals surface area contributed by atoms with Crippen LogP contribution in [0.15, 0.2) is 52.5 Å². The zero-order valence-corrected chi connectivity index (χ0v) is 11.5. The van der Waals surface area contributed by atoms with E-state index in [1.165, 1.54) is 0 Å². The smallest absolute Gasteiger partial charge is 0.135 e. The molecule has 1 heterocycles. The van der Waals surface area contributed by atoms with E-state index in [0.29, 0.717) is 5.75 Å². The predicted molar refractivity (Wildman–Crippen MR) is 75.8 cm³/mol. The fourth-order valence-corrected chi connectivity index (χ4v) is 2.57. The summed E-state index contributed by atoms with van der Waals surface area (Å²) in [4.78, 5) is 3.04. The summed E-state index contributed by atoms with van der Waals surface area (Å²) in [6.45, 7) is 0. The molecule has 17 heavy (non-hydrogen) atoms. The zero-order valence-electron chi connectivity index (χ0n) is 9.10. The normalized spacial score (nSPS) is 13.1. The summed E-state index contributed by atoms with van der Waals surface area (Å²) in [6, 6.07) is 11.7. The van der Waals surface area contributed by atoms with Crippen molar-refractivity contribution in [3.05, 3.63) is 63.7 Å². The highest BCUT2D eigenvalue weighted by molar-refractivity contribution is 9.10. The van der Waals surface area contributed by atoms with Gasteiger partial charge in [-0.05, 0) is 35.4 Å². The Hall–Kier alpha value is -0.970. The third-order valence-corrected chi connectivity index (χ3v) is 3.83. The van der Waals surface area contributed by atoms with Gasteiger partial charge in [0.15, 0.2) is 0 Å². The van der Waals surface area contributed by atoms with E-state index in [2.05, 4.69) is 20.9 Å². The van der Waals surface area contributed by atoms with Gasteiger partial charge in [0, 0.05) is 28.0 Å². The molecule has 0 saturated heterocycles. The first-order valence-electron chi connectivity index (χ1n) is 5.17. The number of benzene rings is 1. The second-order valence-corrected chi connectivity index (χ2v) is 5.82. The lowest BCUT2D eigenvalue weighted by atomic mass is 10.2. The SMILES string of the molecule is [O-][S+](/C=C/c1ccc[nH]1)Cc1ccc(Br)cc1. The van der Waals surface area contributed by atoms with Gasteiger partial charge in [-0.15, -0.1) is 0 Å². The lowest BCUT2D eigenvalue weighted by Crippen LogP contribution is -1.99. The Morgan fingerprint density at radius 1 is 1.24 bits per heavy atom. The fraction of sp³-hybridized carbons (Fsp3) is 0.0769. The van der Waals surface area contributed by atoms with Crippen LogP contribution in [0.1, 0.15) is 11.3 Å². The maximum absolute atomic E-state index is 11.8. The number of hydrogen-bond donors (Lipinski definition) is 1. The topological polar surface area (TPSA) is 38.8 Å². The summed E-state index contributed by atoms with van der Waals surface area (Å²) in [7, 11) is 0. The molecule has 1 atom stereocenters. The van der Waals surface area contributed by atoms with E-state index < -0.39 is 11.2 Å². The zero-order chi connectivity index (χ0) is 12.1. The van der Waals surface area contributed by atoms with Gasteiger partial charge in [0.2, 0.25) is 0 Å². The van der Waals surface area contributed by atoms with E-state index in [1.54, 1.807) is 5.41 Å². The number of aromatic nitrogens is 1. The summed E-state index contributed by atoms with van der Waals surface area (Å²) in [5.74, 6) is 0.546. The molecule has 0 bridgehead atoms. The molecule has 0 spiro atoms. The van der Waals surface area contributed by atoms with Crippen molar-refractivity contribution in [1.29, 1.82) is 0 Å². The Balaban J connectivity index is 1.93. The van der Waals surface area contributed by atoms with Crippen LogP contribution in [-0.4, -0.2) is 9.54 Å². The van der Waals surface area contributed by atoms with Crippen molar-refractivity contribution in [2.24, 2.45) is 0 Å². The Bertz CT molecular complexity index is 479. The van der Waals surface area contributed by atoms with Crippen LogP contribution >= 0.6 is 15.9 Å². The van der Waals surface area contributed by atoms with Crippen molar-refractivity contribution in [3.63, 3.8) is 0 Å². The lowest BCUT2D eigenvalue weighted by Gasteiger charge is -2.05. The Labute approximate surface area is 112 Å². The van der Waals surface area contributed by atoms with Crippen molar-refractivity contribution in [2.45, 2.75) is 5.75 Å². The number of aromatic amines is 1. The minimum atomic E-state index is -0.978. The van der Waals surface area contributed by atoms with Gasteiger partial charge in [-0.25, -0.2) is 0 Å². The van der Waals surface area contributed by atoms with E-state index >= 15 is 0 Å². The standard InChI is InChI=1S/C13H12BrNOS/c14-12-5-3-11(4-6-12)10-17(16)9-7-13-2-1-8-15-13/h1-9,15H,10H2/b9-7+. The summed E-state index contributed by atoms with van der Waals surface area (Å²) in [6.07, 6.45) is 3.69. The van der Waals surface area contributed by atoms with Gasteiger partial charge in [-0.2, -0.15) is 0 Å². The molecule has 0 saturated carbocycles. The molecule has 0 aliphatic rings. The summed E-state index contributed by atoms with van der Waals surface area (Å²) < 4.78 is 12.8. The molecular weight excluding hydrogens is 298 g/mol. The highest BCUT2D eigenvalue weighted by Gasteiger charge is 2.03. The molecule has 1 aromatic carbocycles. The molecule has 1 unspecified atom stereocenters. The van der Waals surface area contributed by atoms with Crippen molar-refractivity contribution in [3.8, 4) is 0 Å². The van der Waals surface area contributed by atoms with Gasteiger partial charge < -0.3 is 9.54 Å². The third-order valence-electron chi connectivity index (χ3n) is 2.24. The molecule has 4 heteroatoms. The first kappa shape index (κ1) is 12.5. The summed E-state index contributed by atoms with van der Waals surface area (Å²) in [5.41, 5.74) is 2.04. The first-order valence-corrected chi connectivity index (χ1v) is 7.35. The van der Waals surface area contributed by atoms with Crippen molar-refractivity contribution >= 4 is 33.2 Å². The van der Waals surface area contributed by atoms with Crippen molar-refractivity contribution in [2.75, 3.05) is 0 Å². The Morgan fingerprint density at radius 3 is 2.65 bits per heavy atom. The van der Waals surface area contributed by atoms with Gasteiger partial charge in [0.05, 0.1) is 0 Å². The average Bonchev–Trinajstić information content (AvgIpc) is 2.83. The van der Waals surface area contributed by atoms with E-state index in [4.69, 9.17) is 0 Å². The van der Waals surface area contributed by atoms with E-state index in [1.807, 2.05) is 48.7 Å². The molecule has 0 aliphatic heterocycles. The molecule has 88 valence electrons. The van der Waals surface area contributed by atoms with E-state index in [-0.39, 0.29) is 0 Å². The number of H-pyrrole nitrogens is 1. The van der Waals surface area contributed by atoms with Crippen LogP contribution in [0.3, 0.4) is 0 Å². The summed E-state index contributed by atoms with van der Waals surface area (Å²) in [5, 5.41) is 1.72. The number of halogens is 1. The minimum Gasteiger partial charge on any atom is -0.612 e. The molecule has 0 radical (unpaired) electrons. The van der Waals surface area contributed by atoms with Crippen molar-refractivity contribution in [1.82, 2.24) is 4.98 Å². The van der Waals surface area contributed by atoms with E-state index in [9.17, 15) is 4.55 Å². The third kappa shape index (κ3) is 4.07. The highest BCUT2D eigenvalue weighted by atomic mass is 79.9. The van der Waals surface area contributed by atoms with Crippen LogP contribution in [0.25, 0.3) is 6.08 Å². The van der Waals surface area contributed by atoms with E-state index in [0.717, 1.165) is 15.7 Å². The van der Waals surface area contributed by atoms with Gasteiger partial charge in [0.1, 0.15) is 11.2 Å². The Kier molecular flexibility index (Phi) is 4.48. The molecule has 2 aromatic rings. The fourth-order valence-electron chi connectivity index (χ4n) is 1.39. The predicted octanol–water partition coefficient (Wildman–Crippen LogP) is 3.70. The number of nitrogens with one attached hydrogen (secondary N) is 1. The lowest BCUT2D eigenvalue weighted by molar-refractivity contribution is 0.603. The number of hydrogen-bond acceptors (Lipinski definition) is 1. The molecular formula is C13H12BrNOS. The second-order valence-electron chi connectivity index (χ2n) is 3.58. The van der Waals surface area contributed by atoms with Gasteiger partial charge in [-0.1, -0.05) is 28.1 Å². The van der Waals surface area contributed by atoms with Crippen LogP contribution in [0, 0.1) is 0 Å². The quantitative estimate of drug-likeness (QED) is 0.859. The maximum Gasteiger partial charge on any atom is 0.135 e. The largest absolute Gasteiger partial charge is 0.612 e.